The predicted molar refractivity (Wildman–Crippen MR) is 80.1 cm³/mol. The summed E-state index contributed by atoms with van der Waals surface area (Å²) in [4.78, 5) is 2.57. The average Bonchev–Trinajstić information content (AvgIpc) is 2.90. The maximum atomic E-state index is 11.9. The molecule has 0 aromatic rings. The van der Waals surface area contributed by atoms with Gasteiger partial charge in [0.2, 0.25) is 10.0 Å². The highest BCUT2D eigenvalue weighted by Gasteiger charge is 2.46. The lowest BCUT2D eigenvalue weighted by Gasteiger charge is -2.54. The van der Waals surface area contributed by atoms with Gasteiger partial charge in [-0.3, -0.25) is 0 Å². The third-order valence-electron chi connectivity index (χ3n) is 5.34. The first kappa shape index (κ1) is 14.8. The van der Waals surface area contributed by atoms with E-state index in [9.17, 15) is 8.42 Å². The molecule has 3 heterocycles. The Morgan fingerprint density at radius 3 is 2.50 bits per heavy atom. The molecule has 0 aromatic carbocycles. The van der Waals surface area contributed by atoms with Crippen molar-refractivity contribution in [3.63, 3.8) is 0 Å². The highest BCUT2D eigenvalue weighted by atomic mass is 32.2. The summed E-state index contributed by atoms with van der Waals surface area (Å²) in [6.45, 7) is 9.14. The van der Waals surface area contributed by atoms with Crippen LogP contribution in [0.5, 0.6) is 0 Å². The Balaban J connectivity index is 1.45. The Morgan fingerprint density at radius 1 is 1.25 bits per heavy atom. The topological polar surface area (TPSA) is 52.7 Å². The van der Waals surface area contributed by atoms with Gasteiger partial charge >= 0.3 is 0 Å². The molecule has 3 aliphatic heterocycles. The lowest BCUT2D eigenvalue weighted by atomic mass is 9.72. The third-order valence-corrected chi connectivity index (χ3v) is 7.22. The van der Waals surface area contributed by atoms with E-state index in [0.29, 0.717) is 5.41 Å². The van der Waals surface area contributed by atoms with E-state index in [1.165, 1.54) is 39.1 Å². The van der Waals surface area contributed by atoms with Crippen LogP contribution in [0.25, 0.3) is 0 Å². The molecule has 3 rings (SSSR count). The monoisotopic (exact) mass is 301 g/mol. The van der Waals surface area contributed by atoms with Crippen molar-refractivity contribution in [1.29, 1.82) is 0 Å². The maximum absolute atomic E-state index is 11.9. The number of sulfonamides is 1. The van der Waals surface area contributed by atoms with Gasteiger partial charge in [0.1, 0.15) is 0 Å². The normalized spacial score (nSPS) is 31.6. The molecule has 5 nitrogen and oxygen atoms in total. The van der Waals surface area contributed by atoms with Crippen LogP contribution in [0.4, 0.5) is 0 Å². The molecule has 116 valence electrons. The van der Waals surface area contributed by atoms with E-state index in [2.05, 4.69) is 10.2 Å². The SMILES string of the molecule is CCS(=O)(=O)N1CCC2(CC1)CN(C[C@@H]1CCNC1)C2. The summed E-state index contributed by atoms with van der Waals surface area (Å²) in [6, 6.07) is 0. The van der Waals surface area contributed by atoms with E-state index in [-0.39, 0.29) is 5.75 Å². The summed E-state index contributed by atoms with van der Waals surface area (Å²) in [7, 11) is -2.98. The molecular formula is C14H27N3O2S. The van der Waals surface area contributed by atoms with Crippen LogP contribution >= 0.6 is 0 Å². The van der Waals surface area contributed by atoms with Crippen molar-refractivity contribution >= 4 is 10.0 Å². The molecule has 0 radical (unpaired) electrons. The van der Waals surface area contributed by atoms with Crippen molar-refractivity contribution in [2.45, 2.75) is 26.2 Å². The van der Waals surface area contributed by atoms with Crippen molar-refractivity contribution in [1.82, 2.24) is 14.5 Å². The van der Waals surface area contributed by atoms with Gasteiger partial charge in [0, 0.05) is 32.7 Å². The Bertz CT molecular complexity index is 429. The van der Waals surface area contributed by atoms with E-state index < -0.39 is 10.0 Å². The van der Waals surface area contributed by atoms with E-state index >= 15 is 0 Å². The van der Waals surface area contributed by atoms with Gasteiger partial charge in [-0.2, -0.15) is 0 Å². The minimum absolute atomic E-state index is 0.237. The van der Waals surface area contributed by atoms with Crippen molar-refractivity contribution in [2.75, 3.05) is 51.6 Å². The van der Waals surface area contributed by atoms with E-state index in [0.717, 1.165) is 31.8 Å². The van der Waals surface area contributed by atoms with Crippen LogP contribution in [-0.2, 0) is 10.0 Å². The maximum Gasteiger partial charge on any atom is 0.213 e. The molecule has 0 saturated carbocycles. The Labute approximate surface area is 122 Å². The molecule has 0 unspecified atom stereocenters. The number of hydrogen-bond acceptors (Lipinski definition) is 4. The number of hydrogen-bond donors (Lipinski definition) is 1. The number of piperidine rings is 1. The van der Waals surface area contributed by atoms with Crippen LogP contribution in [0, 0.1) is 11.3 Å². The summed E-state index contributed by atoms with van der Waals surface area (Å²) in [5.41, 5.74) is 0.422. The number of likely N-dealkylation sites (tertiary alicyclic amines) is 1. The molecule has 1 atom stereocenters. The number of nitrogens with one attached hydrogen (secondary N) is 1. The summed E-state index contributed by atoms with van der Waals surface area (Å²) in [5.74, 6) is 1.06. The predicted octanol–water partition coefficient (Wildman–Crippen LogP) is 0.343. The van der Waals surface area contributed by atoms with E-state index in [4.69, 9.17) is 0 Å². The highest BCUT2D eigenvalue weighted by molar-refractivity contribution is 7.89. The minimum Gasteiger partial charge on any atom is -0.316 e. The fourth-order valence-electron chi connectivity index (χ4n) is 4.00. The highest BCUT2D eigenvalue weighted by Crippen LogP contribution is 2.41. The van der Waals surface area contributed by atoms with Crippen LogP contribution < -0.4 is 5.32 Å². The molecule has 3 aliphatic rings. The first-order valence-corrected chi connectivity index (χ1v) is 9.55. The van der Waals surface area contributed by atoms with Gasteiger partial charge in [-0.25, -0.2) is 12.7 Å². The van der Waals surface area contributed by atoms with Crippen molar-refractivity contribution in [3.05, 3.63) is 0 Å². The van der Waals surface area contributed by atoms with Crippen molar-refractivity contribution in [3.8, 4) is 0 Å². The second-order valence-electron chi connectivity index (χ2n) is 6.83. The zero-order valence-electron chi connectivity index (χ0n) is 12.5. The summed E-state index contributed by atoms with van der Waals surface area (Å²) < 4.78 is 25.4. The van der Waals surface area contributed by atoms with Crippen molar-refractivity contribution < 1.29 is 8.42 Å². The molecule has 0 amide bonds. The lowest BCUT2D eigenvalue weighted by Crippen LogP contribution is -2.61. The summed E-state index contributed by atoms with van der Waals surface area (Å²) in [5, 5.41) is 3.43. The molecule has 1 N–H and O–H groups in total. The Kier molecular flexibility index (Phi) is 4.10. The molecule has 0 aromatic heterocycles. The van der Waals surface area contributed by atoms with Crippen LogP contribution in [0.3, 0.4) is 0 Å². The fourth-order valence-corrected chi connectivity index (χ4v) is 5.11. The number of rotatable bonds is 4. The molecule has 20 heavy (non-hydrogen) atoms. The molecule has 1 spiro atoms. The van der Waals surface area contributed by atoms with E-state index in [1.807, 2.05) is 0 Å². The fraction of sp³-hybridized carbons (Fsp3) is 1.00. The zero-order valence-corrected chi connectivity index (χ0v) is 13.3. The zero-order chi connectivity index (χ0) is 14.2. The lowest BCUT2D eigenvalue weighted by molar-refractivity contribution is -0.0407. The van der Waals surface area contributed by atoms with Gasteiger partial charge in [-0.1, -0.05) is 0 Å². The molecule has 3 saturated heterocycles. The Hall–Kier alpha value is -0.170. The molecular weight excluding hydrogens is 274 g/mol. The summed E-state index contributed by atoms with van der Waals surface area (Å²) in [6.07, 6.45) is 3.41. The standard InChI is InChI=1S/C14H27N3O2S/c1-2-20(18,19)17-7-4-14(5-8-17)11-16(12-14)10-13-3-6-15-9-13/h13,15H,2-12H2,1H3/t13-/m1/s1. The second kappa shape index (κ2) is 5.55. The first-order chi connectivity index (χ1) is 9.53. The van der Waals surface area contributed by atoms with Gasteiger partial charge in [0.05, 0.1) is 5.75 Å². The van der Waals surface area contributed by atoms with Crippen LogP contribution in [0.2, 0.25) is 0 Å². The Morgan fingerprint density at radius 2 is 1.95 bits per heavy atom. The minimum atomic E-state index is -2.98. The van der Waals surface area contributed by atoms with Crippen LogP contribution in [0.15, 0.2) is 0 Å². The van der Waals surface area contributed by atoms with Gasteiger partial charge < -0.3 is 10.2 Å². The molecule has 6 heteroatoms. The molecule has 3 fully saturated rings. The quantitative estimate of drug-likeness (QED) is 0.814. The average molecular weight is 301 g/mol. The van der Waals surface area contributed by atoms with Gasteiger partial charge in [0.25, 0.3) is 0 Å². The van der Waals surface area contributed by atoms with E-state index in [1.54, 1.807) is 11.2 Å². The number of nitrogens with zero attached hydrogens (tertiary/aromatic N) is 2. The third kappa shape index (κ3) is 2.89. The van der Waals surface area contributed by atoms with Crippen molar-refractivity contribution in [2.24, 2.45) is 11.3 Å². The molecule has 0 bridgehead atoms. The van der Waals surface area contributed by atoms with Gasteiger partial charge in [-0.15, -0.1) is 0 Å². The first-order valence-electron chi connectivity index (χ1n) is 7.94. The smallest absolute Gasteiger partial charge is 0.213 e. The van der Waals surface area contributed by atoms with Gasteiger partial charge in [0.15, 0.2) is 0 Å². The van der Waals surface area contributed by atoms with Gasteiger partial charge in [-0.05, 0) is 50.6 Å². The van der Waals surface area contributed by atoms with Crippen LogP contribution in [-0.4, -0.2) is 69.2 Å². The largest absolute Gasteiger partial charge is 0.316 e. The molecule has 0 aliphatic carbocycles. The summed E-state index contributed by atoms with van der Waals surface area (Å²) >= 11 is 0. The second-order valence-corrected chi connectivity index (χ2v) is 9.09. The van der Waals surface area contributed by atoms with Crippen LogP contribution in [0.1, 0.15) is 26.2 Å².